The van der Waals surface area contributed by atoms with Crippen molar-refractivity contribution in [2.45, 2.75) is 24.7 Å². The van der Waals surface area contributed by atoms with E-state index in [0.29, 0.717) is 35.0 Å². The van der Waals surface area contributed by atoms with Crippen molar-refractivity contribution in [3.05, 3.63) is 95.1 Å². The van der Waals surface area contributed by atoms with Crippen LogP contribution in [0.15, 0.2) is 72.8 Å². The van der Waals surface area contributed by atoms with Crippen LogP contribution in [-0.2, 0) is 24.7 Å². The molecule has 0 spiro atoms. The van der Waals surface area contributed by atoms with Gasteiger partial charge in [0.15, 0.2) is 0 Å². The lowest BCUT2D eigenvalue weighted by Crippen LogP contribution is -2.11. The quantitative estimate of drug-likeness (QED) is 0.197. The summed E-state index contributed by atoms with van der Waals surface area (Å²) in [5, 5.41) is 0.941. The maximum Gasteiger partial charge on any atom is 0.416 e. The molecular weight excluding hydrogens is 578 g/mol. The number of aromatic nitrogens is 1. The summed E-state index contributed by atoms with van der Waals surface area (Å²) in [5.74, 6) is 0. The molecule has 0 amide bonds. The first-order valence-electron chi connectivity index (χ1n) is 11.5. The molecule has 0 fully saturated rings. The van der Waals surface area contributed by atoms with Crippen LogP contribution in [0.5, 0.6) is 0 Å². The van der Waals surface area contributed by atoms with Gasteiger partial charge in [-0.3, -0.25) is 0 Å². The SMILES string of the molecule is FC(F)(F)c1cc(-c2ccc3c(c2)[nH]c2cc(-c4cc(C(F)(F)F)cc(C(F)(F)F)c4)ccc23)cc(C(F)(F)F)c1. The van der Waals surface area contributed by atoms with Crippen LogP contribution in [0.1, 0.15) is 22.3 Å². The lowest BCUT2D eigenvalue weighted by Gasteiger charge is -2.14. The van der Waals surface area contributed by atoms with E-state index in [-0.39, 0.29) is 45.4 Å². The minimum Gasteiger partial charge on any atom is -0.354 e. The molecule has 13 heteroatoms. The van der Waals surface area contributed by atoms with Gasteiger partial charge in [0, 0.05) is 21.8 Å². The number of benzene rings is 4. The standard InChI is InChI=1S/C28H13F12N/c29-25(30,31)17-5-15(6-18(11-17)26(32,33)34)13-1-3-21-22-4-2-14(10-24(22)41-23(21)9-13)16-7-19(27(35,36)37)12-20(8-16)28(38,39)40/h1-12,41H. The second kappa shape index (κ2) is 9.18. The van der Waals surface area contributed by atoms with Crippen LogP contribution >= 0.6 is 0 Å². The van der Waals surface area contributed by atoms with Crippen LogP contribution in [-0.4, -0.2) is 4.98 Å². The summed E-state index contributed by atoms with van der Waals surface area (Å²) in [6.07, 6.45) is -20.2. The van der Waals surface area contributed by atoms with Crippen molar-refractivity contribution in [3.8, 4) is 22.3 Å². The molecular formula is C28H13F12N. The van der Waals surface area contributed by atoms with Gasteiger partial charge >= 0.3 is 24.7 Å². The Hall–Kier alpha value is -4.16. The second-order valence-electron chi connectivity index (χ2n) is 9.23. The highest BCUT2D eigenvalue weighted by atomic mass is 19.4. The Balaban J connectivity index is 1.63. The summed E-state index contributed by atoms with van der Waals surface area (Å²) in [6, 6.07) is 10.4. The predicted molar refractivity (Wildman–Crippen MR) is 127 cm³/mol. The number of H-pyrrole nitrogens is 1. The zero-order valence-corrected chi connectivity index (χ0v) is 20.0. The Morgan fingerprint density at radius 1 is 0.341 bits per heavy atom. The molecule has 214 valence electrons. The van der Waals surface area contributed by atoms with Gasteiger partial charge in [-0.15, -0.1) is 0 Å². The van der Waals surface area contributed by atoms with Crippen molar-refractivity contribution in [2.75, 3.05) is 0 Å². The zero-order chi connectivity index (χ0) is 30.1. The van der Waals surface area contributed by atoms with Crippen LogP contribution in [0.3, 0.4) is 0 Å². The highest BCUT2D eigenvalue weighted by Gasteiger charge is 2.38. The normalized spacial score (nSPS) is 13.4. The Bertz CT molecular complexity index is 1590. The predicted octanol–water partition coefficient (Wildman–Crippen LogP) is 10.7. The first-order chi connectivity index (χ1) is 18.8. The molecule has 0 unspecified atom stereocenters. The number of nitrogens with one attached hydrogen (secondary N) is 1. The van der Waals surface area contributed by atoms with Gasteiger partial charge in [-0.1, -0.05) is 24.3 Å². The number of hydrogen-bond acceptors (Lipinski definition) is 0. The van der Waals surface area contributed by atoms with Crippen molar-refractivity contribution >= 4 is 21.8 Å². The third kappa shape index (κ3) is 5.57. The topological polar surface area (TPSA) is 15.8 Å². The number of halogens is 12. The molecule has 1 heterocycles. The van der Waals surface area contributed by atoms with Crippen molar-refractivity contribution in [2.24, 2.45) is 0 Å². The smallest absolute Gasteiger partial charge is 0.354 e. The van der Waals surface area contributed by atoms with E-state index in [0.717, 1.165) is 0 Å². The molecule has 0 aliphatic heterocycles. The average Bonchev–Trinajstić information content (AvgIpc) is 3.23. The number of aromatic amines is 1. The van der Waals surface area contributed by atoms with Crippen molar-refractivity contribution < 1.29 is 52.7 Å². The van der Waals surface area contributed by atoms with Crippen LogP contribution in [0, 0.1) is 0 Å². The highest BCUT2D eigenvalue weighted by Crippen LogP contribution is 2.41. The maximum absolute atomic E-state index is 13.3. The fourth-order valence-corrected chi connectivity index (χ4v) is 4.51. The summed E-state index contributed by atoms with van der Waals surface area (Å²) < 4.78 is 160. The molecule has 0 saturated carbocycles. The van der Waals surface area contributed by atoms with E-state index in [2.05, 4.69) is 4.98 Å². The van der Waals surface area contributed by atoms with Gasteiger partial charge in [-0.2, -0.15) is 52.7 Å². The largest absolute Gasteiger partial charge is 0.416 e. The number of hydrogen-bond donors (Lipinski definition) is 1. The molecule has 0 atom stereocenters. The highest BCUT2D eigenvalue weighted by molar-refractivity contribution is 6.09. The first-order valence-corrected chi connectivity index (χ1v) is 11.5. The van der Waals surface area contributed by atoms with Crippen LogP contribution in [0.2, 0.25) is 0 Å². The Kier molecular flexibility index (Phi) is 6.35. The molecule has 5 aromatic rings. The lowest BCUT2D eigenvalue weighted by molar-refractivity contribution is -0.144. The van der Waals surface area contributed by atoms with Gasteiger partial charge in [0.2, 0.25) is 0 Å². The fraction of sp³-hybridized carbons (Fsp3) is 0.143. The van der Waals surface area contributed by atoms with Gasteiger partial charge in [-0.05, 0) is 70.8 Å². The van der Waals surface area contributed by atoms with E-state index in [1.54, 1.807) is 0 Å². The number of fused-ring (bicyclic) bond motifs is 3. The average molecular weight is 591 g/mol. The summed E-state index contributed by atoms with van der Waals surface area (Å²) >= 11 is 0. The molecule has 5 rings (SSSR count). The molecule has 1 N–H and O–H groups in total. The zero-order valence-electron chi connectivity index (χ0n) is 20.0. The minimum atomic E-state index is -5.05. The van der Waals surface area contributed by atoms with Gasteiger partial charge in [0.25, 0.3) is 0 Å². The number of alkyl halides is 12. The van der Waals surface area contributed by atoms with Gasteiger partial charge in [0.05, 0.1) is 22.3 Å². The second-order valence-corrected chi connectivity index (χ2v) is 9.23. The van der Waals surface area contributed by atoms with E-state index in [9.17, 15) is 52.7 Å². The molecule has 4 aromatic carbocycles. The van der Waals surface area contributed by atoms with Crippen LogP contribution in [0.4, 0.5) is 52.7 Å². The fourth-order valence-electron chi connectivity index (χ4n) is 4.51. The summed E-state index contributed by atoms with van der Waals surface area (Å²) in [6.45, 7) is 0. The van der Waals surface area contributed by atoms with Crippen LogP contribution in [0.25, 0.3) is 44.1 Å². The monoisotopic (exact) mass is 591 g/mol. The lowest BCUT2D eigenvalue weighted by atomic mass is 9.97. The van der Waals surface area contributed by atoms with E-state index in [1.165, 1.54) is 36.4 Å². The van der Waals surface area contributed by atoms with E-state index in [4.69, 9.17) is 0 Å². The molecule has 0 aliphatic carbocycles. The van der Waals surface area contributed by atoms with Gasteiger partial charge < -0.3 is 4.98 Å². The van der Waals surface area contributed by atoms with Gasteiger partial charge in [0.1, 0.15) is 0 Å². The van der Waals surface area contributed by atoms with Crippen molar-refractivity contribution in [1.29, 1.82) is 0 Å². The van der Waals surface area contributed by atoms with Crippen molar-refractivity contribution in [3.63, 3.8) is 0 Å². The Labute approximate surface area is 222 Å². The summed E-state index contributed by atoms with van der Waals surface area (Å²) in [5.41, 5.74) is -6.17. The molecule has 0 radical (unpaired) electrons. The van der Waals surface area contributed by atoms with Gasteiger partial charge in [-0.25, -0.2) is 0 Å². The van der Waals surface area contributed by atoms with Crippen molar-refractivity contribution in [1.82, 2.24) is 4.98 Å². The molecule has 0 bridgehead atoms. The summed E-state index contributed by atoms with van der Waals surface area (Å²) in [7, 11) is 0. The molecule has 1 nitrogen and oxygen atoms in total. The Morgan fingerprint density at radius 2 is 0.634 bits per heavy atom. The Morgan fingerprint density at radius 3 is 0.902 bits per heavy atom. The first kappa shape index (κ1) is 28.4. The molecule has 41 heavy (non-hydrogen) atoms. The molecule has 1 aromatic heterocycles. The van der Waals surface area contributed by atoms with E-state index in [1.807, 2.05) is 0 Å². The van der Waals surface area contributed by atoms with E-state index >= 15 is 0 Å². The third-order valence-electron chi connectivity index (χ3n) is 6.44. The van der Waals surface area contributed by atoms with Crippen LogP contribution < -0.4 is 0 Å². The minimum absolute atomic E-state index is 0.00444. The summed E-state index contributed by atoms with van der Waals surface area (Å²) in [4.78, 5) is 2.89. The molecule has 0 saturated heterocycles. The maximum atomic E-state index is 13.3. The van der Waals surface area contributed by atoms with E-state index < -0.39 is 47.0 Å². The third-order valence-corrected chi connectivity index (χ3v) is 6.44. The number of rotatable bonds is 2. The molecule has 0 aliphatic rings.